The summed E-state index contributed by atoms with van der Waals surface area (Å²) < 4.78 is 5.23. The van der Waals surface area contributed by atoms with Gasteiger partial charge < -0.3 is 15.0 Å². The fourth-order valence-corrected chi connectivity index (χ4v) is 2.61. The smallest absolute Gasteiger partial charge is 0.224 e. The maximum atomic E-state index is 11.8. The van der Waals surface area contributed by atoms with Gasteiger partial charge in [0.25, 0.3) is 0 Å². The number of rotatable bonds is 3. The van der Waals surface area contributed by atoms with Crippen LogP contribution in [-0.4, -0.2) is 33.2 Å². The predicted octanol–water partition coefficient (Wildman–Crippen LogP) is 1.53. The molecule has 1 atom stereocenters. The molecule has 1 fully saturated rings. The number of piperidine rings is 1. The standard InChI is InChI=1S/C15H19N3O2/c1-17-15(19)12-4-3-7-18(10-12)14-8-13(20-2)6-5-11(14)9-16/h5-6,8,12H,3-4,7,10H2,1-2H3,(H,17,19). The summed E-state index contributed by atoms with van der Waals surface area (Å²) in [7, 11) is 3.27. The lowest BCUT2D eigenvalue weighted by Crippen LogP contribution is -2.42. The van der Waals surface area contributed by atoms with E-state index in [0.29, 0.717) is 12.1 Å². The molecule has 0 radical (unpaired) electrons. The zero-order valence-corrected chi connectivity index (χ0v) is 11.8. The average molecular weight is 273 g/mol. The monoisotopic (exact) mass is 273 g/mol. The molecule has 1 N–H and O–H groups in total. The molecule has 1 aliphatic heterocycles. The second-order valence-corrected chi connectivity index (χ2v) is 4.89. The van der Waals surface area contributed by atoms with Crippen molar-refractivity contribution in [1.82, 2.24) is 5.32 Å². The van der Waals surface area contributed by atoms with E-state index < -0.39 is 0 Å². The normalized spacial score (nSPS) is 18.2. The van der Waals surface area contributed by atoms with Crippen molar-refractivity contribution in [2.75, 3.05) is 32.1 Å². The van der Waals surface area contributed by atoms with E-state index in [4.69, 9.17) is 4.74 Å². The first-order chi connectivity index (χ1) is 9.69. The Morgan fingerprint density at radius 3 is 3.00 bits per heavy atom. The molecule has 1 unspecified atom stereocenters. The maximum Gasteiger partial charge on any atom is 0.224 e. The number of benzene rings is 1. The molecule has 1 aromatic rings. The highest BCUT2D eigenvalue weighted by molar-refractivity contribution is 5.79. The Morgan fingerprint density at radius 1 is 1.55 bits per heavy atom. The molecule has 106 valence electrons. The summed E-state index contributed by atoms with van der Waals surface area (Å²) in [5.74, 6) is 0.767. The Balaban J connectivity index is 2.26. The molecule has 5 nitrogen and oxygen atoms in total. The van der Waals surface area contributed by atoms with Gasteiger partial charge in [0.15, 0.2) is 0 Å². The van der Waals surface area contributed by atoms with Crippen molar-refractivity contribution in [1.29, 1.82) is 5.26 Å². The van der Waals surface area contributed by atoms with Crippen LogP contribution in [0.25, 0.3) is 0 Å². The third-order valence-electron chi connectivity index (χ3n) is 3.70. The van der Waals surface area contributed by atoms with Gasteiger partial charge in [-0.15, -0.1) is 0 Å². The van der Waals surface area contributed by atoms with E-state index in [0.717, 1.165) is 30.8 Å². The Morgan fingerprint density at radius 2 is 2.35 bits per heavy atom. The molecule has 1 aliphatic rings. The van der Waals surface area contributed by atoms with E-state index in [1.807, 2.05) is 6.07 Å². The predicted molar refractivity (Wildman–Crippen MR) is 76.7 cm³/mol. The minimum absolute atomic E-state index is 0.0218. The Hall–Kier alpha value is -2.22. The quantitative estimate of drug-likeness (QED) is 0.907. The number of amides is 1. The van der Waals surface area contributed by atoms with Crippen LogP contribution in [0.2, 0.25) is 0 Å². The maximum absolute atomic E-state index is 11.8. The van der Waals surface area contributed by atoms with Crippen molar-refractivity contribution in [3.05, 3.63) is 23.8 Å². The topological polar surface area (TPSA) is 65.4 Å². The van der Waals surface area contributed by atoms with Gasteiger partial charge in [0.05, 0.1) is 24.3 Å². The number of carbonyl (C=O) groups excluding carboxylic acids is 1. The number of nitriles is 1. The minimum atomic E-state index is -0.0218. The van der Waals surface area contributed by atoms with Crippen LogP contribution in [0.5, 0.6) is 5.75 Å². The van der Waals surface area contributed by atoms with E-state index in [-0.39, 0.29) is 11.8 Å². The van der Waals surface area contributed by atoms with Gasteiger partial charge in [-0.3, -0.25) is 4.79 Å². The highest BCUT2D eigenvalue weighted by atomic mass is 16.5. The van der Waals surface area contributed by atoms with E-state index in [2.05, 4.69) is 16.3 Å². The molecule has 1 saturated heterocycles. The summed E-state index contributed by atoms with van der Waals surface area (Å²) >= 11 is 0. The molecular formula is C15H19N3O2. The van der Waals surface area contributed by atoms with Gasteiger partial charge in [-0.25, -0.2) is 0 Å². The Labute approximate surface area is 119 Å². The van der Waals surface area contributed by atoms with Crippen LogP contribution in [0.4, 0.5) is 5.69 Å². The van der Waals surface area contributed by atoms with Gasteiger partial charge in [0, 0.05) is 26.2 Å². The second kappa shape index (κ2) is 6.29. The molecule has 0 spiro atoms. The number of carbonyl (C=O) groups is 1. The van der Waals surface area contributed by atoms with Crippen LogP contribution in [0.1, 0.15) is 18.4 Å². The van der Waals surface area contributed by atoms with Crippen LogP contribution < -0.4 is 15.0 Å². The molecule has 0 bridgehead atoms. The highest BCUT2D eigenvalue weighted by Gasteiger charge is 2.26. The molecule has 20 heavy (non-hydrogen) atoms. The van der Waals surface area contributed by atoms with E-state index in [9.17, 15) is 10.1 Å². The van der Waals surface area contributed by atoms with Gasteiger partial charge in [0.1, 0.15) is 11.8 Å². The first-order valence-corrected chi connectivity index (χ1v) is 6.74. The molecule has 5 heteroatoms. The van der Waals surface area contributed by atoms with E-state index >= 15 is 0 Å². The molecule has 2 rings (SSSR count). The van der Waals surface area contributed by atoms with Crippen LogP contribution in [0.15, 0.2) is 18.2 Å². The Kier molecular flexibility index (Phi) is 4.46. The Bertz CT molecular complexity index is 536. The van der Waals surface area contributed by atoms with Gasteiger partial charge in [-0.2, -0.15) is 5.26 Å². The molecule has 1 aromatic carbocycles. The second-order valence-electron chi connectivity index (χ2n) is 4.89. The number of methoxy groups -OCH3 is 1. The molecule has 0 saturated carbocycles. The van der Waals surface area contributed by atoms with Crippen molar-refractivity contribution >= 4 is 11.6 Å². The summed E-state index contributed by atoms with van der Waals surface area (Å²) in [5, 5.41) is 11.9. The number of nitrogens with one attached hydrogen (secondary N) is 1. The van der Waals surface area contributed by atoms with Crippen LogP contribution in [0, 0.1) is 17.2 Å². The van der Waals surface area contributed by atoms with Crippen molar-refractivity contribution in [3.8, 4) is 11.8 Å². The molecule has 1 amide bonds. The fraction of sp³-hybridized carbons (Fsp3) is 0.467. The lowest BCUT2D eigenvalue weighted by atomic mass is 9.96. The molecule has 1 heterocycles. The summed E-state index contributed by atoms with van der Waals surface area (Å²) in [6.45, 7) is 1.50. The molecule has 0 aliphatic carbocycles. The van der Waals surface area contributed by atoms with Gasteiger partial charge in [-0.05, 0) is 25.0 Å². The first-order valence-electron chi connectivity index (χ1n) is 6.74. The minimum Gasteiger partial charge on any atom is -0.497 e. The van der Waals surface area contributed by atoms with Gasteiger partial charge >= 0.3 is 0 Å². The van der Waals surface area contributed by atoms with Crippen molar-refractivity contribution in [3.63, 3.8) is 0 Å². The summed E-state index contributed by atoms with van der Waals surface area (Å²) in [6, 6.07) is 7.61. The van der Waals surface area contributed by atoms with Crippen LogP contribution in [-0.2, 0) is 4.79 Å². The zero-order valence-electron chi connectivity index (χ0n) is 11.8. The SMILES string of the molecule is CNC(=O)C1CCCN(c2cc(OC)ccc2C#N)C1. The molecule has 0 aromatic heterocycles. The van der Waals surface area contributed by atoms with Crippen LogP contribution in [0.3, 0.4) is 0 Å². The first kappa shape index (κ1) is 14.2. The van der Waals surface area contributed by atoms with Gasteiger partial charge in [-0.1, -0.05) is 0 Å². The van der Waals surface area contributed by atoms with E-state index in [1.165, 1.54) is 0 Å². The fourth-order valence-electron chi connectivity index (χ4n) is 2.61. The average Bonchev–Trinajstić information content (AvgIpc) is 2.53. The number of anilines is 1. The number of hydrogen-bond donors (Lipinski definition) is 1. The number of nitrogens with zero attached hydrogens (tertiary/aromatic N) is 2. The van der Waals surface area contributed by atoms with Gasteiger partial charge in [0.2, 0.25) is 5.91 Å². The highest BCUT2D eigenvalue weighted by Crippen LogP contribution is 2.29. The number of hydrogen-bond acceptors (Lipinski definition) is 4. The summed E-state index contributed by atoms with van der Waals surface area (Å²) in [5.41, 5.74) is 1.46. The summed E-state index contributed by atoms with van der Waals surface area (Å²) in [6.07, 6.45) is 1.84. The van der Waals surface area contributed by atoms with Crippen molar-refractivity contribution in [2.24, 2.45) is 5.92 Å². The third kappa shape index (κ3) is 2.85. The summed E-state index contributed by atoms with van der Waals surface area (Å²) in [4.78, 5) is 13.9. The largest absolute Gasteiger partial charge is 0.497 e. The van der Waals surface area contributed by atoms with E-state index in [1.54, 1.807) is 26.3 Å². The third-order valence-corrected chi connectivity index (χ3v) is 3.70. The number of ether oxygens (including phenoxy) is 1. The lowest BCUT2D eigenvalue weighted by Gasteiger charge is -2.34. The van der Waals surface area contributed by atoms with Crippen LogP contribution >= 0.6 is 0 Å². The zero-order chi connectivity index (χ0) is 14.5. The molecular weight excluding hydrogens is 254 g/mol. The van der Waals surface area contributed by atoms with Crippen molar-refractivity contribution in [2.45, 2.75) is 12.8 Å². The van der Waals surface area contributed by atoms with Crippen molar-refractivity contribution < 1.29 is 9.53 Å². The lowest BCUT2D eigenvalue weighted by molar-refractivity contribution is -0.124.